The van der Waals surface area contributed by atoms with E-state index in [9.17, 15) is 4.79 Å². The number of benzene rings is 3. The lowest BCUT2D eigenvalue weighted by atomic mass is 10.1. The molecule has 3 aromatic carbocycles. The van der Waals surface area contributed by atoms with Crippen LogP contribution in [-0.2, 0) is 11.4 Å². The highest BCUT2D eigenvalue weighted by molar-refractivity contribution is 8.18. The zero-order chi connectivity index (χ0) is 23.4. The van der Waals surface area contributed by atoms with Gasteiger partial charge >= 0.3 is 0 Å². The van der Waals surface area contributed by atoms with Crippen LogP contribution in [0.2, 0.25) is 5.02 Å². The van der Waals surface area contributed by atoms with E-state index in [1.165, 1.54) is 11.8 Å². The highest BCUT2D eigenvalue weighted by Crippen LogP contribution is 2.33. The molecule has 33 heavy (non-hydrogen) atoms. The van der Waals surface area contributed by atoms with Crippen LogP contribution in [0.5, 0.6) is 11.5 Å². The van der Waals surface area contributed by atoms with Crippen molar-refractivity contribution >= 4 is 46.2 Å². The second kappa shape index (κ2) is 10.1. The maximum Gasteiger partial charge on any atom is 0.264 e. The van der Waals surface area contributed by atoms with Gasteiger partial charge in [0.2, 0.25) is 0 Å². The Hall–Kier alpha value is -3.22. The van der Waals surface area contributed by atoms with Crippen molar-refractivity contribution in [1.82, 2.24) is 5.32 Å². The molecule has 0 unspecified atom stereocenters. The first-order valence-electron chi connectivity index (χ1n) is 10.3. The van der Waals surface area contributed by atoms with Crippen molar-refractivity contribution in [2.45, 2.75) is 20.5 Å². The number of nitrogens with zero attached hydrogens (tertiary/aromatic N) is 1. The second-order valence-corrected chi connectivity index (χ2v) is 9.00. The van der Waals surface area contributed by atoms with Crippen LogP contribution in [0.25, 0.3) is 6.08 Å². The van der Waals surface area contributed by atoms with Gasteiger partial charge in [-0.25, -0.2) is 4.99 Å². The Morgan fingerprint density at radius 3 is 2.67 bits per heavy atom. The predicted molar refractivity (Wildman–Crippen MR) is 135 cm³/mol. The molecule has 4 rings (SSSR count). The summed E-state index contributed by atoms with van der Waals surface area (Å²) >= 11 is 7.52. The molecule has 0 bridgehead atoms. The van der Waals surface area contributed by atoms with Gasteiger partial charge in [-0.2, -0.15) is 0 Å². The Morgan fingerprint density at radius 1 is 1.06 bits per heavy atom. The SMILES string of the molecule is COc1cc(C=C2SC(=Nc3cc(C)ccc3C)NC2=O)ccc1OCc1ccccc1Cl. The highest BCUT2D eigenvalue weighted by atomic mass is 35.5. The summed E-state index contributed by atoms with van der Waals surface area (Å²) in [5.74, 6) is 0.992. The Balaban J connectivity index is 1.51. The first-order valence-corrected chi connectivity index (χ1v) is 11.5. The van der Waals surface area contributed by atoms with Gasteiger partial charge in [0, 0.05) is 10.6 Å². The van der Waals surface area contributed by atoms with Gasteiger partial charge in [0.1, 0.15) is 6.61 Å². The molecule has 0 radical (unpaired) electrons. The lowest BCUT2D eigenvalue weighted by Crippen LogP contribution is -2.19. The number of aryl methyl sites for hydroxylation is 2. The van der Waals surface area contributed by atoms with Crippen molar-refractivity contribution in [3.8, 4) is 11.5 Å². The molecule has 1 aliphatic rings. The number of methoxy groups -OCH3 is 1. The number of hydrogen-bond acceptors (Lipinski definition) is 5. The summed E-state index contributed by atoms with van der Waals surface area (Å²) in [6.45, 7) is 4.34. The molecule has 3 aromatic rings. The molecule has 168 valence electrons. The van der Waals surface area contributed by atoms with Crippen LogP contribution in [-0.4, -0.2) is 18.2 Å². The molecule has 0 atom stereocenters. The molecule has 0 aromatic heterocycles. The molecule has 0 aliphatic carbocycles. The molecule has 1 fully saturated rings. The van der Waals surface area contributed by atoms with E-state index in [-0.39, 0.29) is 5.91 Å². The Kier molecular flexibility index (Phi) is 7.06. The molecule has 1 saturated heterocycles. The van der Waals surface area contributed by atoms with E-state index >= 15 is 0 Å². The van der Waals surface area contributed by atoms with Crippen molar-refractivity contribution in [2.75, 3.05) is 7.11 Å². The maximum absolute atomic E-state index is 12.5. The number of rotatable bonds is 6. The Morgan fingerprint density at radius 2 is 1.88 bits per heavy atom. The molecule has 5 nitrogen and oxygen atoms in total. The summed E-state index contributed by atoms with van der Waals surface area (Å²) in [4.78, 5) is 17.7. The fourth-order valence-electron chi connectivity index (χ4n) is 3.25. The average molecular weight is 479 g/mol. The topological polar surface area (TPSA) is 59.9 Å². The first-order chi connectivity index (χ1) is 15.9. The highest BCUT2D eigenvalue weighted by Gasteiger charge is 2.24. The van der Waals surface area contributed by atoms with Gasteiger partial charge in [0.05, 0.1) is 17.7 Å². The van der Waals surface area contributed by atoms with Crippen molar-refractivity contribution in [1.29, 1.82) is 0 Å². The fourth-order valence-corrected chi connectivity index (χ4v) is 4.27. The fraction of sp³-hybridized carbons (Fsp3) is 0.154. The molecule has 0 saturated carbocycles. The van der Waals surface area contributed by atoms with E-state index in [2.05, 4.69) is 10.3 Å². The number of aliphatic imine (C=N–C) groups is 1. The van der Waals surface area contributed by atoms with Crippen LogP contribution in [0.3, 0.4) is 0 Å². The third-order valence-corrected chi connectivity index (χ3v) is 6.34. The summed E-state index contributed by atoms with van der Waals surface area (Å²) in [5, 5.41) is 4.06. The zero-order valence-corrected chi connectivity index (χ0v) is 20.1. The molecule has 1 N–H and O–H groups in total. The van der Waals surface area contributed by atoms with E-state index in [0.717, 1.165) is 27.9 Å². The summed E-state index contributed by atoms with van der Waals surface area (Å²) in [7, 11) is 1.58. The first kappa shape index (κ1) is 23.0. The van der Waals surface area contributed by atoms with Crippen molar-refractivity contribution in [3.63, 3.8) is 0 Å². The third kappa shape index (κ3) is 5.59. The van der Waals surface area contributed by atoms with Gasteiger partial charge in [0.25, 0.3) is 5.91 Å². The molecule has 1 aliphatic heterocycles. The monoisotopic (exact) mass is 478 g/mol. The van der Waals surface area contributed by atoms with Crippen LogP contribution in [0.15, 0.2) is 70.6 Å². The predicted octanol–water partition coefficient (Wildman–Crippen LogP) is 6.44. The quantitative estimate of drug-likeness (QED) is 0.414. The normalized spacial score (nSPS) is 15.7. The zero-order valence-electron chi connectivity index (χ0n) is 18.5. The number of hydrogen-bond donors (Lipinski definition) is 1. The summed E-state index contributed by atoms with van der Waals surface area (Å²) in [5.41, 5.74) is 4.73. The van der Waals surface area contributed by atoms with Gasteiger partial charge in [-0.3, -0.25) is 4.79 Å². The Labute approximate surface area is 202 Å². The third-order valence-electron chi connectivity index (χ3n) is 5.06. The minimum absolute atomic E-state index is 0.179. The van der Waals surface area contributed by atoms with Crippen molar-refractivity contribution < 1.29 is 14.3 Å². The molecular formula is C26H23ClN2O3S. The largest absolute Gasteiger partial charge is 0.493 e. The number of halogens is 1. The Bertz CT molecular complexity index is 1270. The number of amidine groups is 1. The van der Waals surface area contributed by atoms with Gasteiger partial charge < -0.3 is 14.8 Å². The average Bonchev–Trinajstić information content (AvgIpc) is 3.14. The molecular weight excluding hydrogens is 456 g/mol. The second-order valence-electron chi connectivity index (χ2n) is 7.56. The summed E-state index contributed by atoms with van der Waals surface area (Å²) in [6, 6.07) is 19.1. The van der Waals surface area contributed by atoms with Crippen LogP contribution < -0.4 is 14.8 Å². The van der Waals surface area contributed by atoms with Gasteiger partial charge in [-0.1, -0.05) is 48.0 Å². The number of amides is 1. The van der Waals surface area contributed by atoms with Crippen LogP contribution >= 0.6 is 23.4 Å². The van der Waals surface area contributed by atoms with E-state index < -0.39 is 0 Å². The maximum atomic E-state index is 12.5. The van der Waals surface area contributed by atoms with Crippen molar-refractivity contribution in [2.24, 2.45) is 4.99 Å². The summed E-state index contributed by atoms with van der Waals surface area (Å²) in [6.07, 6.45) is 1.81. The minimum atomic E-state index is -0.179. The van der Waals surface area contributed by atoms with Crippen LogP contribution in [0, 0.1) is 13.8 Å². The molecule has 1 heterocycles. The van der Waals surface area contributed by atoms with E-state index in [1.54, 1.807) is 7.11 Å². The van der Waals surface area contributed by atoms with Crippen LogP contribution in [0.1, 0.15) is 22.3 Å². The van der Waals surface area contributed by atoms with Gasteiger partial charge in [-0.05, 0) is 72.6 Å². The van der Waals surface area contributed by atoms with Gasteiger partial charge in [0.15, 0.2) is 16.7 Å². The number of ether oxygens (including phenoxy) is 2. The standard InChI is InChI=1S/C26H23ClN2O3S/c1-16-8-9-17(2)21(12-16)28-26-29-25(30)24(33-26)14-18-10-11-22(23(13-18)31-3)32-15-19-6-4-5-7-20(19)27/h4-14H,15H2,1-3H3,(H,28,29,30). The van der Waals surface area contributed by atoms with Gasteiger partial charge in [-0.15, -0.1) is 0 Å². The van der Waals surface area contributed by atoms with Crippen LogP contribution in [0.4, 0.5) is 5.69 Å². The van der Waals surface area contributed by atoms with E-state index in [1.807, 2.05) is 80.6 Å². The number of carbonyl (C=O) groups excluding carboxylic acids is 1. The number of thioether (sulfide) groups is 1. The summed E-state index contributed by atoms with van der Waals surface area (Å²) < 4.78 is 11.4. The van der Waals surface area contributed by atoms with Crippen molar-refractivity contribution in [3.05, 3.63) is 92.8 Å². The smallest absolute Gasteiger partial charge is 0.264 e. The van der Waals surface area contributed by atoms with E-state index in [0.29, 0.717) is 33.2 Å². The molecule has 1 amide bonds. The number of nitrogens with one attached hydrogen (secondary N) is 1. The molecule has 0 spiro atoms. The minimum Gasteiger partial charge on any atom is -0.493 e. The molecule has 7 heteroatoms. The number of carbonyl (C=O) groups is 1. The lowest BCUT2D eigenvalue weighted by molar-refractivity contribution is -0.115. The lowest BCUT2D eigenvalue weighted by Gasteiger charge is -2.12. The van der Waals surface area contributed by atoms with E-state index in [4.69, 9.17) is 21.1 Å².